The van der Waals surface area contributed by atoms with Crippen molar-refractivity contribution in [2.24, 2.45) is 11.8 Å². The maximum Gasteiger partial charge on any atom is 0.305 e. The number of benzene rings is 1. The molecule has 1 fully saturated rings. The van der Waals surface area contributed by atoms with Crippen LogP contribution >= 0.6 is 0 Å². The second kappa shape index (κ2) is 12.6. The molecule has 156 valence electrons. The number of unbranched alkanes of at least 4 members (excludes halogenated alkanes) is 3. The zero-order valence-corrected chi connectivity index (χ0v) is 16.8. The van der Waals surface area contributed by atoms with E-state index in [-0.39, 0.29) is 24.6 Å². The number of hydrogen-bond acceptors (Lipinski definition) is 5. The molecule has 28 heavy (non-hydrogen) atoms. The van der Waals surface area contributed by atoms with Crippen molar-refractivity contribution < 1.29 is 24.5 Å². The first kappa shape index (κ1) is 22.4. The smallest absolute Gasteiger partial charge is 0.305 e. The van der Waals surface area contributed by atoms with Crippen molar-refractivity contribution in [3.8, 4) is 5.75 Å². The molecule has 0 aliphatic heterocycles. The minimum absolute atomic E-state index is 0.147. The van der Waals surface area contributed by atoms with Crippen LogP contribution in [0.25, 0.3) is 0 Å². The molecule has 1 aromatic carbocycles. The predicted octanol–water partition coefficient (Wildman–Crippen LogP) is 3.88. The Kier molecular flexibility index (Phi) is 10.1. The Labute approximate surface area is 168 Å². The molecule has 4 atom stereocenters. The summed E-state index contributed by atoms with van der Waals surface area (Å²) in [5.74, 6) is 1.15. The van der Waals surface area contributed by atoms with E-state index >= 15 is 0 Å². The van der Waals surface area contributed by atoms with Gasteiger partial charge in [-0.15, -0.1) is 0 Å². The fraction of sp³-hybridized carbons (Fsp3) is 0.609. The Morgan fingerprint density at radius 3 is 2.68 bits per heavy atom. The summed E-state index contributed by atoms with van der Waals surface area (Å²) in [7, 11) is 1.42. The molecular formula is C23H34O5. The molecule has 5 nitrogen and oxygen atoms in total. The zero-order chi connectivity index (χ0) is 20.2. The van der Waals surface area contributed by atoms with Gasteiger partial charge in [0.1, 0.15) is 18.5 Å². The Morgan fingerprint density at radius 2 is 1.93 bits per heavy atom. The van der Waals surface area contributed by atoms with Crippen LogP contribution in [0.15, 0.2) is 42.5 Å². The standard InChI is InChI=1S/C23H34O5/c1-27-23(26)12-8-3-2-7-11-21-18(14-16-22(21)25)13-15-19(24)17-28-20-9-5-4-6-10-20/h4-6,9-10,13,15,18-19,21-22,24-25H,2-3,7-8,11-12,14,16-17H2,1H3/b15-13+/t18-,19+,21+,22-/m0/s1. The minimum atomic E-state index is -0.656. The average molecular weight is 391 g/mol. The Morgan fingerprint density at radius 1 is 1.18 bits per heavy atom. The molecule has 2 rings (SSSR count). The van der Waals surface area contributed by atoms with Gasteiger partial charge in [-0.2, -0.15) is 0 Å². The van der Waals surface area contributed by atoms with Crippen LogP contribution in [-0.4, -0.2) is 42.1 Å². The molecule has 5 heteroatoms. The summed E-state index contributed by atoms with van der Waals surface area (Å²) in [4.78, 5) is 11.1. The van der Waals surface area contributed by atoms with Gasteiger partial charge in [-0.05, 0) is 49.7 Å². The van der Waals surface area contributed by atoms with Crippen LogP contribution in [0.5, 0.6) is 5.75 Å². The van der Waals surface area contributed by atoms with Crippen molar-refractivity contribution in [3.05, 3.63) is 42.5 Å². The van der Waals surface area contributed by atoms with Gasteiger partial charge in [0.25, 0.3) is 0 Å². The lowest BCUT2D eigenvalue weighted by Gasteiger charge is -2.20. The maximum atomic E-state index is 11.1. The van der Waals surface area contributed by atoms with Gasteiger partial charge in [0.2, 0.25) is 0 Å². The first-order valence-electron chi connectivity index (χ1n) is 10.4. The minimum Gasteiger partial charge on any atom is -0.491 e. The Balaban J connectivity index is 1.68. The van der Waals surface area contributed by atoms with E-state index in [1.165, 1.54) is 7.11 Å². The highest BCUT2D eigenvalue weighted by molar-refractivity contribution is 5.68. The largest absolute Gasteiger partial charge is 0.491 e. The number of carbonyl (C=O) groups is 1. The van der Waals surface area contributed by atoms with E-state index in [1.54, 1.807) is 6.08 Å². The Hall–Kier alpha value is -1.85. The van der Waals surface area contributed by atoms with Crippen molar-refractivity contribution in [2.75, 3.05) is 13.7 Å². The molecule has 0 heterocycles. The number of aliphatic hydroxyl groups excluding tert-OH is 2. The molecule has 0 spiro atoms. The highest BCUT2D eigenvalue weighted by Gasteiger charge is 2.32. The monoisotopic (exact) mass is 390 g/mol. The summed E-state index contributed by atoms with van der Waals surface area (Å²) < 4.78 is 10.2. The van der Waals surface area contributed by atoms with Crippen molar-refractivity contribution >= 4 is 5.97 Å². The third-order valence-electron chi connectivity index (χ3n) is 5.48. The summed E-state index contributed by atoms with van der Waals surface area (Å²) in [5, 5.41) is 20.5. The van der Waals surface area contributed by atoms with Crippen LogP contribution in [0.2, 0.25) is 0 Å². The summed E-state index contributed by atoms with van der Waals surface area (Å²) in [6, 6.07) is 9.46. The molecule has 1 saturated carbocycles. The van der Waals surface area contributed by atoms with Crippen LogP contribution in [-0.2, 0) is 9.53 Å². The molecule has 1 aliphatic carbocycles. The van der Waals surface area contributed by atoms with E-state index < -0.39 is 6.10 Å². The summed E-state index contributed by atoms with van der Waals surface area (Å²) in [6.07, 6.45) is 10.1. The van der Waals surface area contributed by atoms with Crippen LogP contribution in [0.3, 0.4) is 0 Å². The Bertz CT molecular complexity index is 586. The molecule has 0 radical (unpaired) electrons. The van der Waals surface area contributed by atoms with Gasteiger partial charge in [-0.3, -0.25) is 4.79 Å². The van der Waals surface area contributed by atoms with E-state index in [0.29, 0.717) is 12.3 Å². The van der Waals surface area contributed by atoms with Gasteiger partial charge < -0.3 is 19.7 Å². The van der Waals surface area contributed by atoms with E-state index in [1.807, 2.05) is 30.3 Å². The lowest BCUT2D eigenvalue weighted by molar-refractivity contribution is -0.140. The van der Waals surface area contributed by atoms with Crippen molar-refractivity contribution in [2.45, 2.75) is 63.6 Å². The number of allylic oxidation sites excluding steroid dienone is 1. The third kappa shape index (κ3) is 8.03. The molecule has 0 bridgehead atoms. The number of carbonyl (C=O) groups excluding carboxylic acids is 1. The fourth-order valence-corrected chi connectivity index (χ4v) is 3.85. The fourth-order valence-electron chi connectivity index (χ4n) is 3.85. The topological polar surface area (TPSA) is 76.0 Å². The quantitative estimate of drug-likeness (QED) is 0.322. The number of ether oxygens (including phenoxy) is 2. The lowest BCUT2D eigenvalue weighted by Crippen LogP contribution is -2.19. The van der Waals surface area contributed by atoms with Crippen LogP contribution in [0, 0.1) is 11.8 Å². The zero-order valence-electron chi connectivity index (χ0n) is 16.8. The van der Waals surface area contributed by atoms with Gasteiger partial charge in [0.15, 0.2) is 0 Å². The van der Waals surface area contributed by atoms with Gasteiger partial charge in [0, 0.05) is 6.42 Å². The predicted molar refractivity (Wildman–Crippen MR) is 109 cm³/mol. The highest BCUT2D eigenvalue weighted by atomic mass is 16.5. The van der Waals surface area contributed by atoms with Crippen molar-refractivity contribution in [1.82, 2.24) is 0 Å². The second-order valence-electron chi connectivity index (χ2n) is 7.58. The summed E-state index contributed by atoms with van der Waals surface area (Å²) in [5.41, 5.74) is 0. The first-order chi connectivity index (χ1) is 13.6. The number of aliphatic hydroxyl groups is 2. The van der Waals surface area contributed by atoms with Crippen molar-refractivity contribution in [3.63, 3.8) is 0 Å². The summed E-state index contributed by atoms with van der Waals surface area (Å²) in [6.45, 7) is 0.223. The van der Waals surface area contributed by atoms with E-state index in [2.05, 4.69) is 10.8 Å². The molecule has 0 aromatic heterocycles. The summed E-state index contributed by atoms with van der Waals surface area (Å²) >= 11 is 0. The molecular weight excluding hydrogens is 356 g/mol. The first-order valence-corrected chi connectivity index (χ1v) is 10.4. The van der Waals surface area contributed by atoms with Crippen LogP contribution in [0.4, 0.5) is 0 Å². The van der Waals surface area contributed by atoms with E-state index in [0.717, 1.165) is 50.7 Å². The highest BCUT2D eigenvalue weighted by Crippen LogP contribution is 2.36. The number of esters is 1. The number of methoxy groups -OCH3 is 1. The average Bonchev–Trinajstić information content (AvgIpc) is 3.07. The molecule has 2 N–H and O–H groups in total. The molecule has 0 amide bonds. The third-order valence-corrected chi connectivity index (χ3v) is 5.48. The number of hydrogen-bond donors (Lipinski definition) is 2. The van der Waals surface area contributed by atoms with Crippen molar-refractivity contribution in [1.29, 1.82) is 0 Å². The van der Waals surface area contributed by atoms with Crippen LogP contribution < -0.4 is 4.74 Å². The van der Waals surface area contributed by atoms with Crippen LogP contribution in [0.1, 0.15) is 51.4 Å². The molecule has 1 aromatic rings. The van der Waals surface area contributed by atoms with Gasteiger partial charge in [-0.25, -0.2) is 0 Å². The second-order valence-corrected chi connectivity index (χ2v) is 7.58. The van der Waals surface area contributed by atoms with Gasteiger partial charge in [0.05, 0.1) is 13.2 Å². The molecule has 1 aliphatic rings. The molecule has 0 saturated heterocycles. The number of para-hydroxylation sites is 1. The lowest BCUT2D eigenvalue weighted by atomic mass is 9.88. The SMILES string of the molecule is COC(=O)CCCCCC[C@H]1[C@@H](O)CC[C@@H]1/C=C/[C@@H](O)COc1ccccc1. The normalized spacial score (nSPS) is 23.0. The number of rotatable bonds is 12. The maximum absolute atomic E-state index is 11.1. The van der Waals surface area contributed by atoms with Gasteiger partial charge in [-0.1, -0.05) is 49.6 Å². The van der Waals surface area contributed by atoms with E-state index in [9.17, 15) is 15.0 Å². The molecule has 0 unspecified atom stereocenters. The van der Waals surface area contributed by atoms with E-state index in [4.69, 9.17) is 4.74 Å². The van der Waals surface area contributed by atoms with Gasteiger partial charge >= 0.3 is 5.97 Å².